The minimum Gasteiger partial charge on any atom is -0.318 e. The molecule has 0 aromatic heterocycles. The predicted molar refractivity (Wildman–Crippen MR) is 83.0 cm³/mol. The first kappa shape index (κ1) is 14.8. The second-order valence-electron chi connectivity index (χ2n) is 5.84. The van der Waals surface area contributed by atoms with Gasteiger partial charge in [-0.05, 0) is 56.3 Å². The molecular weight excluding hydrogens is 256 g/mol. The SMILES string of the molecule is CNCC1CCCN1Cc1cccc(C2CC2)c1.Cl. The number of halogens is 1. The molecule has 1 aromatic carbocycles. The van der Waals surface area contributed by atoms with Gasteiger partial charge in [0.1, 0.15) is 0 Å². The third-order valence-electron chi connectivity index (χ3n) is 4.32. The van der Waals surface area contributed by atoms with E-state index in [2.05, 4.69) is 41.5 Å². The standard InChI is InChI=1S/C16H24N2.ClH/c1-17-11-16-6-3-9-18(16)12-13-4-2-5-15(10-13)14-7-8-14;/h2,4-5,10,14,16-17H,3,6-9,11-12H2,1H3;1H. The smallest absolute Gasteiger partial charge is 0.0237 e. The summed E-state index contributed by atoms with van der Waals surface area (Å²) in [7, 11) is 2.06. The molecule has 1 aliphatic carbocycles. The van der Waals surface area contributed by atoms with E-state index in [1.807, 2.05) is 0 Å². The van der Waals surface area contributed by atoms with Gasteiger partial charge >= 0.3 is 0 Å². The molecule has 3 rings (SSSR count). The summed E-state index contributed by atoms with van der Waals surface area (Å²) in [4.78, 5) is 2.64. The van der Waals surface area contributed by atoms with Crippen LogP contribution in [-0.4, -0.2) is 31.1 Å². The maximum atomic E-state index is 3.32. The molecule has 1 heterocycles. The molecule has 3 heteroatoms. The molecule has 1 N–H and O–H groups in total. The lowest BCUT2D eigenvalue weighted by atomic mass is 10.1. The summed E-state index contributed by atoms with van der Waals surface area (Å²) in [6.07, 6.45) is 5.50. The third-order valence-corrected chi connectivity index (χ3v) is 4.32. The van der Waals surface area contributed by atoms with Gasteiger partial charge in [-0.15, -0.1) is 12.4 Å². The molecule has 1 unspecified atom stereocenters. The van der Waals surface area contributed by atoms with Crippen LogP contribution in [0.15, 0.2) is 24.3 Å². The van der Waals surface area contributed by atoms with Gasteiger partial charge in [-0.3, -0.25) is 4.90 Å². The highest BCUT2D eigenvalue weighted by Crippen LogP contribution is 2.40. The zero-order valence-electron chi connectivity index (χ0n) is 11.8. The van der Waals surface area contributed by atoms with Gasteiger partial charge in [0.2, 0.25) is 0 Å². The number of benzene rings is 1. The molecule has 0 amide bonds. The van der Waals surface area contributed by atoms with Crippen LogP contribution in [0.1, 0.15) is 42.7 Å². The van der Waals surface area contributed by atoms with Gasteiger partial charge in [-0.25, -0.2) is 0 Å². The van der Waals surface area contributed by atoms with Gasteiger partial charge < -0.3 is 5.32 Å². The number of rotatable bonds is 5. The number of likely N-dealkylation sites (N-methyl/N-ethyl adjacent to an activating group) is 1. The van der Waals surface area contributed by atoms with E-state index < -0.39 is 0 Å². The summed E-state index contributed by atoms with van der Waals surface area (Å²) in [6.45, 7) is 3.52. The Labute approximate surface area is 123 Å². The van der Waals surface area contributed by atoms with Crippen LogP contribution < -0.4 is 5.32 Å². The van der Waals surface area contributed by atoms with Crippen LogP contribution in [0.4, 0.5) is 0 Å². The van der Waals surface area contributed by atoms with Crippen LogP contribution in [-0.2, 0) is 6.54 Å². The molecule has 19 heavy (non-hydrogen) atoms. The van der Waals surface area contributed by atoms with Crippen molar-refractivity contribution in [1.82, 2.24) is 10.2 Å². The topological polar surface area (TPSA) is 15.3 Å². The van der Waals surface area contributed by atoms with Crippen LogP contribution >= 0.6 is 12.4 Å². The van der Waals surface area contributed by atoms with Gasteiger partial charge in [0.05, 0.1) is 0 Å². The van der Waals surface area contributed by atoms with Crippen molar-refractivity contribution >= 4 is 12.4 Å². The average molecular weight is 281 g/mol. The Morgan fingerprint density at radius 3 is 2.84 bits per heavy atom. The highest BCUT2D eigenvalue weighted by Gasteiger charge is 2.25. The largest absolute Gasteiger partial charge is 0.318 e. The van der Waals surface area contributed by atoms with E-state index in [1.54, 1.807) is 5.56 Å². The monoisotopic (exact) mass is 280 g/mol. The number of likely N-dealkylation sites (tertiary alicyclic amines) is 1. The zero-order chi connectivity index (χ0) is 12.4. The molecule has 2 aliphatic rings. The summed E-state index contributed by atoms with van der Waals surface area (Å²) in [5.74, 6) is 0.872. The van der Waals surface area contributed by atoms with Gasteiger partial charge in [0, 0.05) is 19.1 Å². The van der Waals surface area contributed by atoms with Crippen LogP contribution in [0.5, 0.6) is 0 Å². The van der Waals surface area contributed by atoms with Gasteiger partial charge in [-0.2, -0.15) is 0 Å². The zero-order valence-corrected chi connectivity index (χ0v) is 12.6. The van der Waals surface area contributed by atoms with E-state index in [0.717, 1.165) is 25.0 Å². The molecule has 1 aliphatic heterocycles. The minimum atomic E-state index is 0. The van der Waals surface area contributed by atoms with Gasteiger partial charge in [0.25, 0.3) is 0 Å². The summed E-state index contributed by atoms with van der Waals surface area (Å²) < 4.78 is 0. The predicted octanol–water partition coefficient (Wildman–Crippen LogP) is 3.17. The summed E-state index contributed by atoms with van der Waals surface area (Å²) in [5, 5.41) is 3.32. The van der Waals surface area contributed by atoms with Crippen LogP contribution in [0.2, 0.25) is 0 Å². The number of hydrogen-bond acceptors (Lipinski definition) is 2. The highest BCUT2D eigenvalue weighted by molar-refractivity contribution is 5.85. The van der Waals surface area contributed by atoms with Gasteiger partial charge in [0.15, 0.2) is 0 Å². The van der Waals surface area contributed by atoms with Crippen molar-refractivity contribution in [3.8, 4) is 0 Å². The van der Waals surface area contributed by atoms with E-state index in [4.69, 9.17) is 0 Å². The molecule has 1 saturated heterocycles. The molecule has 0 radical (unpaired) electrons. The Balaban J connectivity index is 0.00000133. The first-order chi connectivity index (χ1) is 8.86. The molecule has 1 atom stereocenters. The van der Waals surface area contributed by atoms with E-state index in [-0.39, 0.29) is 12.4 Å². The van der Waals surface area contributed by atoms with Crippen LogP contribution in [0, 0.1) is 0 Å². The molecule has 0 bridgehead atoms. The molecule has 2 fully saturated rings. The Hall–Kier alpha value is -0.570. The highest BCUT2D eigenvalue weighted by atomic mass is 35.5. The van der Waals surface area contributed by atoms with E-state index in [9.17, 15) is 0 Å². The first-order valence-electron chi connectivity index (χ1n) is 7.34. The molecule has 1 aromatic rings. The molecule has 2 nitrogen and oxygen atoms in total. The van der Waals surface area contributed by atoms with Crippen molar-refractivity contribution in [2.75, 3.05) is 20.1 Å². The van der Waals surface area contributed by atoms with Crippen LogP contribution in [0.3, 0.4) is 0 Å². The van der Waals surface area contributed by atoms with E-state index in [0.29, 0.717) is 0 Å². The molecule has 0 spiro atoms. The molecular formula is C16H25ClN2. The van der Waals surface area contributed by atoms with E-state index in [1.165, 1.54) is 37.8 Å². The number of nitrogens with one attached hydrogen (secondary N) is 1. The fourth-order valence-corrected chi connectivity index (χ4v) is 3.17. The molecule has 106 valence electrons. The van der Waals surface area contributed by atoms with Gasteiger partial charge in [-0.1, -0.05) is 24.3 Å². The Morgan fingerprint density at radius 2 is 2.11 bits per heavy atom. The third kappa shape index (κ3) is 3.71. The summed E-state index contributed by atoms with van der Waals surface area (Å²) >= 11 is 0. The quantitative estimate of drug-likeness (QED) is 0.891. The Kier molecular flexibility index (Phi) is 5.26. The normalized spacial score (nSPS) is 23.3. The van der Waals surface area contributed by atoms with Crippen molar-refractivity contribution < 1.29 is 0 Å². The summed E-state index contributed by atoms with van der Waals surface area (Å²) in [6, 6.07) is 10.0. The second kappa shape index (κ2) is 6.74. The fraction of sp³-hybridized carbons (Fsp3) is 0.625. The first-order valence-corrected chi connectivity index (χ1v) is 7.34. The van der Waals surface area contributed by atoms with Crippen molar-refractivity contribution in [2.24, 2.45) is 0 Å². The maximum absolute atomic E-state index is 3.32. The van der Waals surface area contributed by atoms with Crippen LogP contribution in [0.25, 0.3) is 0 Å². The molecule has 1 saturated carbocycles. The Bertz CT molecular complexity index is 403. The average Bonchev–Trinajstić information content (AvgIpc) is 3.15. The lowest BCUT2D eigenvalue weighted by Gasteiger charge is -2.24. The lowest BCUT2D eigenvalue weighted by molar-refractivity contribution is 0.242. The summed E-state index contributed by atoms with van der Waals surface area (Å²) in [5.41, 5.74) is 3.07. The van der Waals surface area contributed by atoms with Crippen molar-refractivity contribution in [1.29, 1.82) is 0 Å². The van der Waals surface area contributed by atoms with E-state index >= 15 is 0 Å². The number of hydrogen-bond donors (Lipinski definition) is 1. The minimum absolute atomic E-state index is 0. The Morgan fingerprint density at radius 1 is 1.26 bits per heavy atom. The maximum Gasteiger partial charge on any atom is 0.0237 e. The van der Waals surface area contributed by atoms with Crippen molar-refractivity contribution in [3.05, 3.63) is 35.4 Å². The lowest BCUT2D eigenvalue weighted by Crippen LogP contribution is -2.36. The van der Waals surface area contributed by atoms with Crippen molar-refractivity contribution in [3.63, 3.8) is 0 Å². The van der Waals surface area contributed by atoms with Crippen molar-refractivity contribution in [2.45, 2.75) is 44.2 Å². The fourth-order valence-electron chi connectivity index (χ4n) is 3.17. The second-order valence-corrected chi connectivity index (χ2v) is 5.84. The number of nitrogens with zero attached hydrogens (tertiary/aromatic N) is 1.